The Morgan fingerprint density at radius 3 is 2.73 bits per heavy atom. The highest BCUT2D eigenvalue weighted by molar-refractivity contribution is 5.91. The Kier molecular flexibility index (Phi) is 6.22. The molecule has 0 spiro atoms. The highest BCUT2D eigenvalue weighted by atomic mass is 16.6. The van der Waals surface area contributed by atoms with Gasteiger partial charge in [-0.05, 0) is 42.3 Å². The van der Waals surface area contributed by atoms with Crippen LogP contribution in [0.15, 0.2) is 53.7 Å². The molecule has 0 atom stereocenters. The summed E-state index contributed by atoms with van der Waals surface area (Å²) in [6.07, 6.45) is 1.60. The molecule has 1 N–H and O–H groups in total. The van der Waals surface area contributed by atoms with Crippen LogP contribution in [0.4, 0.5) is 11.4 Å². The molecule has 2 aromatic rings. The average Bonchev–Trinajstić information content (AvgIpc) is 2.66. The first kappa shape index (κ1) is 17.9. The molecule has 2 aromatic carbocycles. The first-order chi connectivity index (χ1) is 12.7. The van der Waals surface area contributed by atoms with Crippen molar-refractivity contribution < 1.29 is 14.4 Å². The fraction of sp³-hybridized carbons (Fsp3) is 0.300. The number of oxime groups is 1. The number of carbonyl (C=O) groups excluding carboxylic acids is 1. The second-order valence-corrected chi connectivity index (χ2v) is 6.12. The van der Waals surface area contributed by atoms with Crippen LogP contribution in [0.3, 0.4) is 0 Å². The summed E-state index contributed by atoms with van der Waals surface area (Å²) in [6, 6.07) is 15.7. The third kappa shape index (κ3) is 5.32. The van der Waals surface area contributed by atoms with E-state index in [0.29, 0.717) is 0 Å². The molecule has 6 heteroatoms. The molecule has 26 heavy (non-hydrogen) atoms. The van der Waals surface area contributed by atoms with Crippen LogP contribution in [0.1, 0.15) is 11.1 Å². The average molecular weight is 353 g/mol. The van der Waals surface area contributed by atoms with Gasteiger partial charge < -0.3 is 19.8 Å². The van der Waals surface area contributed by atoms with Crippen molar-refractivity contribution in [3.63, 3.8) is 0 Å². The monoisotopic (exact) mass is 353 g/mol. The van der Waals surface area contributed by atoms with Crippen LogP contribution in [0.2, 0.25) is 0 Å². The Hall–Kier alpha value is -2.86. The lowest BCUT2D eigenvalue weighted by Crippen LogP contribution is -2.36. The van der Waals surface area contributed by atoms with Gasteiger partial charge in [-0.1, -0.05) is 29.4 Å². The van der Waals surface area contributed by atoms with E-state index in [4.69, 9.17) is 9.57 Å². The van der Waals surface area contributed by atoms with Gasteiger partial charge in [0, 0.05) is 24.5 Å². The van der Waals surface area contributed by atoms with Crippen LogP contribution >= 0.6 is 0 Å². The summed E-state index contributed by atoms with van der Waals surface area (Å²) in [5.41, 5.74) is 3.92. The van der Waals surface area contributed by atoms with Gasteiger partial charge in [0.15, 0.2) is 6.61 Å². The van der Waals surface area contributed by atoms with Gasteiger partial charge in [-0.2, -0.15) is 0 Å². The standard InChI is InChI=1S/C20H23N3O3/c1-16-3-2-4-18(13-16)22-20(24)15-26-21-14-17-5-7-19(8-6-17)23-9-11-25-12-10-23/h2-8,13-14H,9-12,15H2,1H3,(H,22,24)/b21-14+. The Morgan fingerprint density at radius 2 is 2.00 bits per heavy atom. The smallest absolute Gasteiger partial charge is 0.265 e. The van der Waals surface area contributed by atoms with E-state index >= 15 is 0 Å². The largest absolute Gasteiger partial charge is 0.386 e. The number of rotatable bonds is 6. The molecule has 1 amide bonds. The van der Waals surface area contributed by atoms with Crippen molar-refractivity contribution in [2.45, 2.75) is 6.92 Å². The highest BCUT2D eigenvalue weighted by Gasteiger charge is 2.10. The van der Waals surface area contributed by atoms with E-state index in [1.807, 2.05) is 43.3 Å². The minimum absolute atomic E-state index is 0.129. The first-order valence-corrected chi connectivity index (χ1v) is 8.65. The maximum absolute atomic E-state index is 11.8. The third-order valence-electron chi connectivity index (χ3n) is 4.04. The van der Waals surface area contributed by atoms with Crippen molar-refractivity contribution in [3.8, 4) is 0 Å². The zero-order valence-electron chi connectivity index (χ0n) is 14.9. The minimum Gasteiger partial charge on any atom is -0.386 e. The number of aryl methyl sites for hydroxylation is 1. The third-order valence-corrected chi connectivity index (χ3v) is 4.04. The molecule has 1 aliphatic heterocycles. The van der Waals surface area contributed by atoms with Gasteiger partial charge >= 0.3 is 0 Å². The van der Waals surface area contributed by atoms with E-state index in [-0.39, 0.29) is 12.5 Å². The maximum atomic E-state index is 11.8. The van der Waals surface area contributed by atoms with E-state index in [0.717, 1.165) is 43.1 Å². The molecule has 0 saturated carbocycles. The van der Waals surface area contributed by atoms with Crippen molar-refractivity contribution in [2.75, 3.05) is 43.1 Å². The van der Waals surface area contributed by atoms with Gasteiger partial charge in [0.1, 0.15) is 0 Å². The van der Waals surface area contributed by atoms with E-state index in [9.17, 15) is 4.79 Å². The number of nitrogens with zero attached hydrogens (tertiary/aromatic N) is 2. The zero-order chi connectivity index (χ0) is 18.2. The SMILES string of the molecule is Cc1cccc(NC(=O)CO/N=C/c2ccc(N3CCOCC3)cc2)c1. The zero-order valence-corrected chi connectivity index (χ0v) is 14.9. The molecule has 0 aromatic heterocycles. The quantitative estimate of drug-likeness (QED) is 0.641. The molecular weight excluding hydrogens is 330 g/mol. The van der Waals surface area contributed by atoms with Crippen LogP contribution in [-0.2, 0) is 14.4 Å². The van der Waals surface area contributed by atoms with Crippen molar-refractivity contribution >= 4 is 23.5 Å². The Morgan fingerprint density at radius 1 is 1.23 bits per heavy atom. The normalized spacial score (nSPS) is 14.4. The summed E-state index contributed by atoms with van der Waals surface area (Å²) in [6.45, 7) is 5.19. The molecule has 6 nitrogen and oxygen atoms in total. The number of carbonyl (C=O) groups is 1. The second kappa shape index (κ2) is 9.01. The highest BCUT2D eigenvalue weighted by Crippen LogP contribution is 2.16. The van der Waals surface area contributed by atoms with Gasteiger partial charge in [0.05, 0.1) is 19.4 Å². The van der Waals surface area contributed by atoms with Crippen LogP contribution < -0.4 is 10.2 Å². The Balaban J connectivity index is 1.44. The van der Waals surface area contributed by atoms with E-state index in [1.54, 1.807) is 6.21 Å². The lowest BCUT2D eigenvalue weighted by molar-refractivity contribution is -0.120. The molecule has 0 aliphatic carbocycles. The lowest BCUT2D eigenvalue weighted by Gasteiger charge is -2.28. The summed E-state index contributed by atoms with van der Waals surface area (Å²) >= 11 is 0. The lowest BCUT2D eigenvalue weighted by atomic mass is 10.2. The van der Waals surface area contributed by atoms with Gasteiger partial charge in [0.2, 0.25) is 0 Å². The van der Waals surface area contributed by atoms with Crippen molar-refractivity contribution in [2.24, 2.45) is 5.16 Å². The molecule has 0 radical (unpaired) electrons. The number of hydrogen-bond acceptors (Lipinski definition) is 5. The van der Waals surface area contributed by atoms with Crippen LogP contribution in [0.5, 0.6) is 0 Å². The number of anilines is 2. The summed E-state index contributed by atoms with van der Waals surface area (Å²) in [5, 5.41) is 6.64. The maximum Gasteiger partial charge on any atom is 0.265 e. The Labute approximate surface area is 153 Å². The van der Waals surface area contributed by atoms with Gasteiger partial charge in [-0.15, -0.1) is 0 Å². The number of morpholine rings is 1. The van der Waals surface area contributed by atoms with E-state index < -0.39 is 0 Å². The van der Waals surface area contributed by atoms with Crippen LogP contribution in [0.25, 0.3) is 0 Å². The topological polar surface area (TPSA) is 63.2 Å². The number of ether oxygens (including phenoxy) is 1. The molecule has 0 bridgehead atoms. The molecule has 1 saturated heterocycles. The molecule has 136 valence electrons. The molecule has 0 unspecified atom stereocenters. The fourth-order valence-electron chi connectivity index (χ4n) is 2.71. The fourth-order valence-corrected chi connectivity index (χ4v) is 2.71. The van der Waals surface area contributed by atoms with Crippen LogP contribution in [0, 0.1) is 6.92 Å². The Bertz CT molecular complexity index is 753. The summed E-state index contributed by atoms with van der Waals surface area (Å²) in [5.74, 6) is -0.240. The van der Waals surface area contributed by atoms with Gasteiger partial charge in [-0.3, -0.25) is 4.79 Å². The number of hydrogen-bond donors (Lipinski definition) is 1. The van der Waals surface area contributed by atoms with E-state index in [1.165, 1.54) is 5.69 Å². The van der Waals surface area contributed by atoms with Gasteiger partial charge in [0.25, 0.3) is 5.91 Å². The van der Waals surface area contributed by atoms with E-state index in [2.05, 4.69) is 27.5 Å². The molecule has 1 aliphatic rings. The molecule has 1 heterocycles. The second-order valence-electron chi connectivity index (χ2n) is 6.12. The molecule has 1 fully saturated rings. The number of amides is 1. The van der Waals surface area contributed by atoms with Gasteiger partial charge in [-0.25, -0.2) is 0 Å². The summed E-state index contributed by atoms with van der Waals surface area (Å²) in [4.78, 5) is 19.2. The number of nitrogens with one attached hydrogen (secondary N) is 1. The summed E-state index contributed by atoms with van der Waals surface area (Å²) < 4.78 is 5.36. The minimum atomic E-state index is -0.240. The van der Waals surface area contributed by atoms with Crippen molar-refractivity contribution in [1.29, 1.82) is 0 Å². The predicted molar refractivity (Wildman–Crippen MR) is 103 cm³/mol. The first-order valence-electron chi connectivity index (χ1n) is 8.65. The predicted octanol–water partition coefficient (Wildman–Crippen LogP) is 2.82. The summed E-state index contributed by atoms with van der Waals surface area (Å²) in [7, 11) is 0. The van der Waals surface area contributed by atoms with Crippen molar-refractivity contribution in [3.05, 3.63) is 59.7 Å². The van der Waals surface area contributed by atoms with Crippen LogP contribution in [-0.4, -0.2) is 45.0 Å². The van der Waals surface area contributed by atoms with Crippen molar-refractivity contribution in [1.82, 2.24) is 0 Å². The molecular formula is C20H23N3O3. The molecule has 3 rings (SSSR count). The number of benzene rings is 2.